The van der Waals surface area contributed by atoms with Crippen molar-refractivity contribution in [3.05, 3.63) is 108 Å². The van der Waals surface area contributed by atoms with Crippen LogP contribution in [0, 0.1) is 0 Å². The van der Waals surface area contributed by atoms with Gasteiger partial charge in [-0.25, -0.2) is 0 Å². The number of aliphatic hydroxyl groups excluding tert-OH is 2. The summed E-state index contributed by atoms with van der Waals surface area (Å²) in [7, 11) is 0. The molecule has 0 spiro atoms. The second-order valence-electron chi connectivity index (χ2n) is 8.37. The van der Waals surface area contributed by atoms with Gasteiger partial charge in [-0.2, -0.15) is 0 Å². The highest BCUT2D eigenvalue weighted by atomic mass is 16.4. The molecule has 0 bridgehead atoms. The van der Waals surface area contributed by atoms with Crippen molar-refractivity contribution in [3.8, 4) is 0 Å². The molecule has 3 aromatic carbocycles. The van der Waals surface area contributed by atoms with E-state index in [1.54, 1.807) is 6.07 Å². The van der Waals surface area contributed by atoms with Gasteiger partial charge in [-0.15, -0.1) is 0 Å². The third-order valence-electron chi connectivity index (χ3n) is 6.00. The lowest BCUT2D eigenvalue weighted by Crippen LogP contribution is -2.75. The molecule has 0 saturated carbocycles. The SMILES string of the molecule is CC(=O)C(=O)[C@](O)(C(=O)c1ccccc1)[C@](O)(C(=O)c1ccccc1)[C@@H](O)C(O)C(=O)c1ccccc1. The third-order valence-corrected chi connectivity index (χ3v) is 6.00. The normalized spacial score (nSPS) is 15.9. The first-order chi connectivity index (χ1) is 17.5. The third kappa shape index (κ3) is 4.81. The molecule has 3 aromatic rings. The van der Waals surface area contributed by atoms with Crippen LogP contribution in [-0.4, -0.2) is 72.8 Å². The van der Waals surface area contributed by atoms with Crippen molar-refractivity contribution in [2.24, 2.45) is 0 Å². The van der Waals surface area contributed by atoms with Crippen LogP contribution in [0.1, 0.15) is 38.0 Å². The second-order valence-corrected chi connectivity index (χ2v) is 8.37. The van der Waals surface area contributed by atoms with Crippen LogP contribution in [0.4, 0.5) is 0 Å². The van der Waals surface area contributed by atoms with E-state index in [0.29, 0.717) is 6.92 Å². The monoisotopic (exact) mass is 504 g/mol. The van der Waals surface area contributed by atoms with Crippen molar-refractivity contribution in [3.63, 3.8) is 0 Å². The fourth-order valence-corrected chi connectivity index (χ4v) is 3.97. The molecule has 0 saturated heterocycles. The van der Waals surface area contributed by atoms with E-state index < -0.39 is 57.9 Å². The summed E-state index contributed by atoms with van der Waals surface area (Å²) in [5.74, 6) is -7.72. The first kappa shape index (κ1) is 27.4. The molecule has 4 N–H and O–H groups in total. The van der Waals surface area contributed by atoms with E-state index in [2.05, 4.69) is 0 Å². The van der Waals surface area contributed by atoms with E-state index in [1.165, 1.54) is 60.7 Å². The van der Waals surface area contributed by atoms with E-state index in [4.69, 9.17) is 0 Å². The molecule has 0 aromatic heterocycles. The molecule has 0 radical (unpaired) electrons. The zero-order valence-electron chi connectivity index (χ0n) is 19.6. The highest BCUT2D eigenvalue weighted by Crippen LogP contribution is 2.36. The second kappa shape index (κ2) is 10.9. The number of carbonyl (C=O) groups excluding carboxylic acids is 5. The molecule has 4 atom stereocenters. The van der Waals surface area contributed by atoms with Crippen LogP contribution in [0.25, 0.3) is 0 Å². The van der Waals surface area contributed by atoms with Crippen LogP contribution in [0.2, 0.25) is 0 Å². The van der Waals surface area contributed by atoms with Crippen LogP contribution in [0.3, 0.4) is 0 Å². The summed E-state index contributed by atoms with van der Waals surface area (Å²) in [5.41, 5.74) is -8.73. The number of hydrogen-bond acceptors (Lipinski definition) is 9. The topological polar surface area (TPSA) is 166 Å². The molecule has 190 valence electrons. The highest BCUT2D eigenvalue weighted by Gasteiger charge is 2.69. The van der Waals surface area contributed by atoms with Crippen molar-refractivity contribution < 1.29 is 44.4 Å². The van der Waals surface area contributed by atoms with Gasteiger partial charge in [-0.05, 0) is 0 Å². The summed E-state index contributed by atoms with van der Waals surface area (Å²) in [6.45, 7) is 0.691. The van der Waals surface area contributed by atoms with Crippen molar-refractivity contribution >= 4 is 28.9 Å². The fourth-order valence-electron chi connectivity index (χ4n) is 3.97. The number of carbonyl (C=O) groups is 5. The summed E-state index contributed by atoms with van der Waals surface area (Å²) < 4.78 is 0. The Morgan fingerprint density at radius 1 is 0.622 bits per heavy atom. The molecule has 0 aliphatic carbocycles. The van der Waals surface area contributed by atoms with Crippen molar-refractivity contribution in [2.75, 3.05) is 0 Å². The minimum Gasteiger partial charge on any atom is -0.386 e. The predicted octanol–water partition coefficient (Wildman–Crippen LogP) is 0.977. The fraction of sp³-hybridized carbons (Fsp3) is 0.179. The number of aliphatic hydroxyl groups is 4. The van der Waals surface area contributed by atoms with Crippen molar-refractivity contribution in [1.82, 2.24) is 0 Å². The first-order valence-electron chi connectivity index (χ1n) is 11.1. The number of hydrogen-bond donors (Lipinski definition) is 4. The van der Waals surface area contributed by atoms with Crippen molar-refractivity contribution in [1.29, 1.82) is 0 Å². The van der Waals surface area contributed by atoms with Crippen LogP contribution in [0.5, 0.6) is 0 Å². The summed E-state index contributed by atoms with van der Waals surface area (Å²) >= 11 is 0. The lowest BCUT2D eigenvalue weighted by molar-refractivity contribution is -0.182. The Labute approximate surface area is 211 Å². The smallest absolute Gasteiger partial charge is 0.241 e. The summed E-state index contributed by atoms with van der Waals surface area (Å²) in [6.07, 6.45) is -5.54. The Balaban J connectivity index is 2.29. The van der Waals surface area contributed by atoms with E-state index in [-0.39, 0.29) is 11.1 Å². The molecule has 0 aliphatic heterocycles. The highest BCUT2D eigenvalue weighted by molar-refractivity contribution is 6.47. The molecule has 1 unspecified atom stereocenters. The largest absolute Gasteiger partial charge is 0.386 e. The zero-order chi connectivity index (χ0) is 27.4. The molecule has 9 heteroatoms. The Morgan fingerprint density at radius 2 is 1.00 bits per heavy atom. The van der Waals surface area contributed by atoms with Crippen LogP contribution < -0.4 is 0 Å². The molecular weight excluding hydrogens is 480 g/mol. The van der Waals surface area contributed by atoms with Gasteiger partial charge >= 0.3 is 0 Å². The lowest BCUT2D eigenvalue weighted by Gasteiger charge is -2.43. The van der Waals surface area contributed by atoms with Gasteiger partial charge in [0.2, 0.25) is 28.6 Å². The molecule has 9 nitrogen and oxygen atoms in total. The van der Waals surface area contributed by atoms with E-state index in [1.807, 2.05) is 0 Å². The minimum atomic E-state index is -3.93. The van der Waals surface area contributed by atoms with Gasteiger partial charge in [0.1, 0.15) is 12.2 Å². The van der Waals surface area contributed by atoms with Crippen molar-refractivity contribution in [2.45, 2.75) is 30.3 Å². The molecule has 0 aliphatic rings. The van der Waals surface area contributed by atoms with Gasteiger partial charge in [-0.1, -0.05) is 91.0 Å². The predicted molar refractivity (Wildman–Crippen MR) is 130 cm³/mol. The first-order valence-corrected chi connectivity index (χ1v) is 11.1. The van der Waals surface area contributed by atoms with E-state index in [0.717, 1.165) is 24.3 Å². The summed E-state index contributed by atoms with van der Waals surface area (Å²) in [4.78, 5) is 65.4. The minimum absolute atomic E-state index is 0.139. The number of benzene rings is 3. The maximum atomic E-state index is 13.7. The quantitative estimate of drug-likeness (QED) is 0.169. The van der Waals surface area contributed by atoms with Crippen LogP contribution >= 0.6 is 0 Å². The van der Waals surface area contributed by atoms with Gasteiger partial charge in [-0.3, -0.25) is 24.0 Å². The number of Topliss-reactive ketones (excluding diaryl/α,β-unsaturated/α-hetero) is 5. The van der Waals surface area contributed by atoms with Gasteiger partial charge in [0.25, 0.3) is 0 Å². The molecular formula is C28H24O9. The lowest BCUT2D eigenvalue weighted by atomic mass is 9.66. The average Bonchev–Trinajstić information content (AvgIpc) is 2.95. The van der Waals surface area contributed by atoms with Gasteiger partial charge in [0, 0.05) is 23.6 Å². The van der Waals surface area contributed by atoms with E-state index >= 15 is 0 Å². The number of ketones is 5. The van der Waals surface area contributed by atoms with Gasteiger partial charge in [0.05, 0.1) is 0 Å². The molecule has 0 heterocycles. The van der Waals surface area contributed by atoms with Gasteiger partial charge < -0.3 is 20.4 Å². The van der Waals surface area contributed by atoms with Crippen LogP contribution in [-0.2, 0) is 9.59 Å². The Hall–Kier alpha value is -4.15. The van der Waals surface area contributed by atoms with Gasteiger partial charge in [0.15, 0.2) is 11.6 Å². The standard InChI is InChI=1S/C28H24O9/c1-17(29)23(32)27(36,24(33)19-13-7-3-8-14-19)28(37,25(34)20-15-9-4-10-16-20)26(35)22(31)21(30)18-11-5-2-6-12-18/h2-16,22,26,31,35-37H,1H3/t22?,26-,27-,28-/m0/s1. The van der Waals surface area contributed by atoms with E-state index in [9.17, 15) is 44.4 Å². The summed E-state index contributed by atoms with van der Waals surface area (Å²) in [5, 5.41) is 45.3. The zero-order valence-corrected chi connectivity index (χ0v) is 19.6. The summed E-state index contributed by atoms with van der Waals surface area (Å²) in [6, 6.07) is 20.0. The molecule has 0 fully saturated rings. The van der Waals surface area contributed by atoms with Crippen LogP contribution in [0.15, 0.2) is 91.0 Å². The molecule has 37 heavy (non-hydrogen) atoms. The Kier molecular flexibility index (Phi) is 8.05. The maximum absolute atomic E-state index is 13.7. The Morgan fingerprint density at radius 3 is 1.41 bits per heavy atom. The maximum Gasteiger partial charge on any atom is 0.241 e. The average molecular weight is 504 g/mol. The molecule has 3 rings (SSSR count). The number of rotatable bonds is 11. The molecule has 0 amide bonds. The Bertz CT molecular complexity index is 1320.